The van der Waals surface area contributed by atoms with Gasteiger partial charge in [0.15, 0.2) is 9.84 Å². The molecular formula is C17H23NO3S. The van der Waals surface area contributed by atoms with Crippen LogP contribution in [0.25, 0.3) is 6.08 Å². The third kappa shape index (κ3) is 5.30. The number of carbonyl (C=O) groups excluding carboxylic acids is 1. The van der Waals surface area contributed by atoms with Gasteiger partial charge in [-0.2, -0.15) is 0 Å². The minimum absolute atomic E-state index is 0.0668. The maximum absolute atomic E-state index is 12.0. The smallest absolute Gasteiger partial charge is 0.246 e. The summed E-state index contributed by atoms with van der Waals surface area (Å²) < 4.78 is 22.7. The average molecular weight is 321 g/mol. The quantitative estimate of drug-likeness (QED) is 0.646. The molecule has 2 rings (SSSR count). The first-order valence-corrected chi connectivity index (χ1v) is 9.50. The topological polar surface area (TPSA) is 63.2 Å². The molecule has 1 aliphatic heterocycles. The van der Waals surface area contributed by atoms with Crippen molar-refractivity contribution in [2.75, 3.05) is 18.1 Å². The van der Waals surface area contributed by atoms with Crippen molar-refractivity contribution in [2.24, 2.45) is 5.92 Å². The number of nitrogens with one attached hydrogen (secondary N) is 1. The fourth-order valence-electron chi connectivity index (χ4n) is 2.70. The van der Waals surface area contributed by atoms with Gasteiger partial charge in [-0.15, -0.1) is 0 Å². The van der Waals surface area contributed by atoms with Crippen LogP contribution in [0, 0.1) is 5.92 Å². The molecule has 120 valence electrons. The monoisotopic (exact) mass is 321 g/mol. The molecule has 1 heterocycles. The van der Waals surface area contributed by atoms with Gasteiger partial charge in [-0.3, -0.25) is 4.79 Å². The molecule has 4 nitrogen and oxygen atoms in total. The zero-order chi connectivity index (χ0) is 16.0. The third-order valence-electron chi connectivity index (χ3n) is 3.94. The van der Waals surface area contributed by atoms with Crippen molar-refractivity contribution in [3.05, 3.63) is 41.5 Å². The summed E-state index contributed by atoms with van der Waals surface area (Å²) in [7, 11) is -2.79. The van der Waals surface area contributed by atoms with E-state index in [9.17, 15) is 13.2 Å². The Morgan fingerprint density at radius 2 is 2.05 bits per heavy atom. The van der Waals surface area contributed by atoms with Gasteiger partial charge in [-0.25, -0.2) is 8.42 Å². The molecule has 1 saturated heterocycles. The van der Waals surface area contributed by atoms with E-state index in [1.807, 2.05) is 36.4 Å². The Hall–Kier alpha value is -1.62. The predicted molar refractivity (Wildman–Crippen MR) is 89.1 cm³/mol. The van der Waals surface area contributed by atoms with Gasteiger partial charge in [-0.1, -0.05) is 30.3 Å². The molecule has 0 radical (unpaired) electrons. The first-order chi connectivity index (χ1) is 10.5. The number of benzene rings is 1. The van der Waals surface area contributed by atoms with E-state index in [0.29, 0.717) is 23.6 Å². The van der Waals surface area contributed by atoms with Crippen LogP contribution in [0.15, 0.2) is 35.9 Å². The van der Waals surface area contributed by atoms with Crippen LogP contribution >= 0.6 is 0 Å². The molecule has 0 aromatic heterocycles. The normalized spacial score (nSPS) is 20.8. The molecule has 1 aromatic rings. The highest BCUT2D eigenvalue weighted by Gasteiger charge is 2.27. The summed E-state index contributed by atoms with van der Waals surface area (Å²) in [5.41, 5.74) is 1.68. The number of amides is 1. The van der Waals surface area contributed by atoms with Crippen molar-refractivity contribution in [2.45, 2.75) is 26.2 Å². The van der Waals surface area contributed by atoms with E-state index < -0.39 is 9.84 Å². The Morgan fingerprint density at radius 1 is 1.32 bits per heavy atom. The molecule has 0 bridgehead atoms. The van der Waals surface area contributed by atoms with Crippen molar-refractivity contribution in [3.63, 3.8) is 0 Å². The van der Waals surface area contributed by atoms with Gasteiger partial charge in [0.25, 0.3) is 0 Å². The highest BCUT2D eigenvalue weighted by Crippen LogP contribution is 2.22. The van der Waals surface area contributed by atoms with Gasteiger partial charge in [0.1, 0.15) is 0 Å². The lowest BCUT2D eigenvalue weighted by molar-refractivity contribution is -0.117. The van der Waals surface area contributed by atoms with Crippen LogP contribution in [0.3, 0.4) is 0 Å². The van der Waals surface area contributed by atoms with Crippen molar-refractivity contribution >= 4 is 21.8 Å². The largest absolute Gasteiger partial charge is 0.352 e. The van der Waals surface area contributed by atoms with Gasteiger partial charge < -0.3 is 5.32 Å². The molecule has 22 heavy (non-hydrogen) atoms. The Bertz CT molecular complexity index is 635. The van der Waals surface area contributed by atoms with E-state index in [0.717, 1.165) is 24.8 Å². The Balaban J connectivity index is 1.71. The van der Waals surface area contributed by atoms with Crippen LogP contribution in [0.4, 0.5) is 0 Å². The Kier molecular flexibility index (Phi) is 5.77. The third-order valence-corrected chi connectivity index (χ3v) is 5.78. The van der Waals surface area contributed by atoms with Crippen molar-refractivity contribution < 1.29 is 13.2 Å². The maximum Gasteiger partial charge on any atom is 0.246 e. The minimum atomic E-state index is -2.79. The van der Waals surface area contributed by atoms with Gasteiger partial charge in [-0.05, 0) is 43.7 Å². The van der Waals surface area contributed by atoms with Crippen LogP contribution in [-0.2, 0) is 14.6 Å². The Labute approximate surface area is 132 Å². The fourth-order valence-corrected chi connectivity index (χ4v) is 4.61. The summed E-state index contributed by atoms with van der Waals surface area (Å²) in [6.45, 7) is 2.39. The molecule has 1 aliphatic rings. The second kappa shape index (κ2) is 7.58. The second-order valence-corrected chi connectivity index (χ2v) is 8.13. The maximum atomic E-state index is 12.0. The molecule has 0 spiro atoms. The Morgan fingerprint density at radius 3 is 2.68 bits per heavy atom. The lowest BCUT2D eigenvalue weighted by atomic mass is 10.0. The van der Waals surface area contributed by atoms with E-state index in [2.05, 4.69) is 5.32 Å². The fraction of sp³-hybridized carbons (Fsp3) is 0.471. The highest BCUT2D eigenvalue weighted by atomic mass is 32.2. The van der Waals surface area contributed by atoms with E-state index in [4.69, 9.17) is 0 Å². The molecule has 1 N–H and O–H groups in total. The SMILES string of the molecule is C/C(=C\c1ccccc1)C(=O)NCCCC1CCS(=O)(=O)C1. The average Bonchev–Trinajstić information content (AvgIpc) is 2.83. The van der Waals surface area contributed by atoms with E-state index >= 15 is 0 Å². The molecular weight excluding hydrogens is 298 g/mol. The first-order valence-electron chi connectivity index (χ1n) is 7.68. The summed E-state index contributed by atoms with van der Waals surface area (Å²) in [6, 6.07) is 9.73. The lowest BCUT2D eigenvalue weighted by Gasteiger charge is -2.08. The van der Waals surface area contributed by atoms with Gasteiger partial charge in [0.2, 0.25) is 5.91 Å². The number of carbonyl (C=O) groups is 1. The van der Waals surface area contributed by atoms with Gasteiger partial charge >= 0.3 is 0 Å². The number of rotatable bonds is 6. The van der Waals surface area contributed by atoms with Gasteiger partial charge in [0.05, 0.1) is 11.5 Å². The zero-order valence-corrected chi connectivity index (χ0v) is 13.7. The van der Waals surface area contributed by atoms with E-state index in [-0.39, 0.29) is 11.8 Å². The molecule has 1 atom stereocenters. The molecule has 1 amide bonds. The summed E-state index contributed by atoms with van der Waals surface area (Å²) in [6.07, 6.45) is 4.31. The molecule has 0 aliphatic carbocycles. The first kappa shape index (κ1) is 16.7. The highest BCUT2D eigenvalue weighted by molar-refractivity contribution is 7.91. The summed E-state index contributed by atoms with van der Waals surface area (Å²) in [5, 5.41) is 2.89. The number of hydrogen-bond acceptors (Lipinski definition) is 3. The van der Waals surface area contributed by atoms with Crippen LogP contribution < -0.4 is 5.32 Å². The van der Waals surface area contributed by atoms with Gasteiger partial charge in [0, 0.05) is 12.1 Å². The van der Waals surface area contributed by atoms with Crippen molar-refractivity contribution in [1.29, 1.82) is 0 Å². The molecule has 0 saturated carbocycles. The predicted octanol–water partition coefficient (Wildman–Crippen LogP) is 2.42. The standard InChI is InChI=1S/C17H23NO3S/c1-14(12-15-6-3-2-4-7-15)17(19)18-10-5-8-16-9-11-22(20,21)13-16/h2-4,6-7,12,16H,5,8-11,13H2,1H3,(H,18,19)/b14-12+. The minimum Gasteiger partial charge on any atom is -0.352 e. The number of sulfone groups is 1. The van der Waals surface area contributed by atoms with E-state index in [1.54, 1.807) is 6.92 Å². The van der Waals surface area contributed by atoms with Crippen LogP contribution in [0.5, 0.6) is 0 Å². The summed E-state index contributed by atoms with van der Waals surface area (Å²) >= 11 is 0. The number of hydrogen-bond donors (Lipinski definition) is 1. The van der Waals surface area contributed by atoms with E-state index in [1.165, 1.54) is 0 Å². The molecule has 1 fully saturated rings. The lowest BCUT2D eigenvalue weighted by Crippen LogP contribution is -2.25. The molecule has 1 aromatic carbocycles. The second-order valence-electron chi connectivity index (χ2n) is 5.91. The molecule has 5 heteroatoms. The summed E-state index contributed by atoms with van der Waals surface area (Å²) in [5.74, 6) is 0.836. The van der Waals surface area contributed by atoms with Crippen molar-refractivity contribution in [1.82, 2.24) is 5.32 Å². The zero-order valence-electron chi connectivity index (χ0n) is 12.9. The van der Waals surface area contributed by atoms with Crippen LogP contribution in [-0.4, -0.2) is 32.4 Å². The molecule has 1 unspecified atom stereocenters. The summed E-state index contributed by atoms with van der Waals surface area (Å²) in [4.78, 5) is 12.0. The van der Waals surface area contributed by atoms with Crippen LogP contribution in [0.2, 0.25) is 0 Å². The van der Waals surface area contributed by atoms with Crippen LogP contribution in [0.1, 0.15) is 31.7 Å². The van der Waals surface area contributed by atoms with Crippen molar-refractivity contribution in [3.8, 4) is 0 Å².